The van der Waals surface area contributed by atoms with Gasteiger partial charge in [0.05, 0.1) is 11.6 Å². The van der Waals surface area contributed by atoms with Gasteiger partial charge in [0.25, 0.3) is 5.91 Å². The summed E-state index contributed by atoms with van der Waals surface area (Å²) < 4.78 is 7.53. The van der Waals surface area contributed by atoms with Crippen LogP contribution in [0.2, 0.25) is 5.02 Å². The van der Waals surface area contributed by atoms with E-state index >= 15 is 0 Å². The highest BCUT2D eigenvalue weighted by Crippen LogP contribution is 2.39. The molecule has 1 atom stereocenters. The van der Waals surface area contributed by atoms with Crippen LogP contribution in [0.4, 0.5) is 0 Å². The van der Waals surface area contributed by atoms with Gasteiger partial charge in [-0.1, -0.05) is 11.6 Å². The number of amides is 1. The van der Waals surface area contributed by atoms with E-state index in [0.717, 1.165) is 28.9 Å². The Morgan fingerprint density at radius 2 is 2.32 bits per heavy atom. The molecule has 0 bridgehead atoms. The molecule has 128 valence electrons. The van der Waals surface area contributed by atoms with Crippen LogP contribution in [-0.2, 0) is 13.5 Å². The Kier molecular flexibility index (Phi) is 4.23. The summed E-state index contributed by atoms with van der Waals surface area (Å²) in [5.74, 6) is 0.517. The molecule has 0 radical (unpaired) electrons. The van der Waals surface area contributed by atoms with E-state index in [4.69, 9.17) is 16.3 Å². The zero-order valence-corrected chi connectivity index (χ0v) is 15.1. The number of hydrogen-bond acceptors (Lipinski definition) is 4. The standard InChI is InChI=1S/C18H16ClN3O2S/c1-22-4-2-16(21-22)18(23)20-9-14-7-13-6-12(11-3-5-25-10-11)8-15(19)17(13)24-14/h2-6,8,10,14H,7,9H2,1H3,(H,20,23). The van der Waals surface area contributed by atoms with Gasteiger partial charge >= 0.3 is 0 Å². The Labute approximate surface area is 154 Å². The minimum atomic E-state index is -0.204. The van der Waals surface area contributed by atoms with E-state index in [1.165, 1.54) is 0 Å². The van der Waals surface area contributed by atoms with E-state index in [0.29, 0.717) is 17.3 Å². The van der Waals surface area contributed by atoms with Crippen LogP contribution in [0.1, 0.15) is 16.1 Å². The molecule has 1 amide bonds. The zero-order valence-electron chi connectivity index (χ0n) is 13.5. The molecule has 0 fully saturated rings. The zero-order chi connectivity index (χ0) is 17.4. The Morgan fingerprint density at radius 3 is 3.04 bits per heavy atom. The van der Waals surface area contributed by atoms with Gasteiger partial charge in [-0.2, -0.15) is 16.4 Å². The van der Waals surface area contributed by atoms with Gasteiger partial charge in [0.2, 0.25) is 0 Å². The van der Waals surface area contributed by atoms with Crippen molar-refractivity contribution in [2.75, 3.05) is 6.54 Å². The van der Waals surface area contributed by atoms with E-state index in [2.05, 4.69) is 27.9 Å². The summed E-state index contributed by atoms with van der Waals surface area (Å²) in [4.78, 5) is 12.1. The average Bonchev–Trinajstić information content (AvgIpc) is 3.32. The number of fused-ring (bicyclic) bond motifs is 1. The molecule has 1 N–H and O–H groups in total. The summed E-state index contributed by atoms with van der Waals surface area (Å²) in [5.41, 5.74) is 3.72. The van der Waals surface area contributed by atoms with E-state index in [1.807, 2.05) is 11.4 Å². The first-order chi connectivity index (χ1) is 12.1. The molecule has 3 aromatic rings. The lowest BCUT2D eigenvalue weighted by Gasteiger charge is -2.11. The summed E-state index contributed by atoms with van der Waals surface area (Å²) in [7, 11) is 1.78. The van der Waals surface area contributed by atoms with E-state index < -0.39 is 0 Å². The van der Waals surface area contributed by atoms with E-state index in [-0.39, 0.29) is 12.0 Å². The highest BCUT2D eigenvalue weighted by molar-refractivity contribution is 7.08. The number of ether oxygens (including phenoxy) is 1. The van der Waals surface area contributed by atoms with Gasteiger partial charge in [0.1, 0.15) is 17.5 Å². The van der Waals surface area contributed by atoms with Crippen molar-refractivity contribution in [1.29, 1.82) is 0 Å². The van der Waals surface area contributed by atoms with Crippen LogP contribution in [0.25, 0.3) is 11.1 Å². The molecular weight excluding hydrogens is 358 g/mol. The number of halogens is 1. The predicted molar refractivity (Wildman–Crippen MR) is 98.4 cm³/mol. The molecule has 7 heteroatoms. The molecule has 0 aliphatic carbocycles. The fourth-order valence-corrected chi connectivity index (χ4v) is 3.88. The van der Waals surface area contributed by atoms with E-state index in [9.17, 15) is 4.79 Å². The summed E-state index contributed by atoms with van der Waals surface area (Å²) >= 11 is 8.05. The van der Waals surface area contributed by atoms with Gasteiger partial charge in [0.15, 0.2) is 0 Å². The third-order valence-electron chi connectivity index (χ3n) is 4.14. The SMILES string of the molecule is Cn1ccc(C(=O)NCC2Cc3cc(-c4ccsc4)cc(Cl)c3O2)n1. The summed E-state index contributed by atoms with van der Waals surface area (Å²) in [6.07, 6.45) is 2.33. The number of rotatable bonds is 4. The highest BCUT2D eigenvalue weighted by Gasteiger charge is 2.26. The maximum Gasteiger partial charge on any atom is 0.271 e. The largest absolute Gasteiger partial charge is 0.486 e. The molecule has 4 rings (SSSR count). The quantitative estimate of drug-likeness (QED) is 0.761. The maximum atomic E-state index is 12.1. The lowest BCUT2D eigenvalue weighted by atomic mass is 10.0. The first-order valence-corrected chi connectivity index (χ1v) is 9.22. The fourth-order valence-electron chi connectivity index (χ4n) is 2.93. The lowest BCUT2D eigenvalue weighted by Crippen LogP contribution is -2.34. The maximum absolute atomic E-state index is 12.1. The third-order valence-corrected chi connectivity index (χ3v) is 5.11. The molecule has 0 saturated heterocycles. The smallest absolute Gasteiger partial charge is 0.271 e. The highest BCUT2D eigenvalue weighted by atomic mass is 35.5. The Hall–Kier alpha value is -2.31. The molecule has 2 aromatic heterocycles. The Bertz CT molecular complexity index is 921. The van der Waals surface area contributed by atoms with Gasteiger partial charge in [-0.05, 0) is 46.2 Å². The topological polar surface area (TPSA) is 56.2 Å². The Balaban J connectivity index is 1.44. The Morgan fingerprint density at radius 1 is 1.44 bits per heavy atom. The van der Waals surface area contributed by atoms with Crippen molar-refractivity contribution in [3.8, 4) is 16.9 Å². The number of carbonyl (C=O) groups is 1. The predicted octanol–water partition coefficient (Wildman–Crippen LogP) is 3.54. The molecule has 5 nitrogen and oxygen atoms in total. The first kappa shape index (κ1) is 16.2. The van der Waals surface area contributed by atoms with Gasteiger partial charge in [0, 0.05) is 25.2 Å². The van der Waals surface area contributed by atoms with Crippen molar-refractivity contribution in [3.05, 3.63) is 57.5 Å². The third kappa shape index (κ3) is 3.27. The minimum absolute atomic E-state index is 0.127. The fraction of sp³-hybridized carbons (Fsp3) is 0.222. The van der Waals surface area contributed by atoms with Crippen LogP contribution in [-0.4, -0.2) is 28.3 Å². The van der Waals surface area contributed by atoms with Crippen molar-refractivity contribution in [1.82, 2.24) is 15.1 Å². The number of nitrogens with zero attached hydrogens (tertiary/aromatic N) is 2. The van der Waals surface area contributed by atoms with Crippen molar-refractivity contribution >= 4 is 28.8 Å². The lowest BCUT2D eigenvalue weighted by molar-refractivity contribution is 0.0928. The number of aryl methyl sites for hydroxylation is 1. The molecule has 1 aliphatic heterocycles. The molecule has 0 saturated carbocycles. The van der Waals surface area contributed by atoms with Gasteiger partial charge < -0.3 is 10.1 Å². The minimum Gasteiger partial charge on any atom is -0.486 e. The van der Waals surface area contributed by atoms with Crippen LogP contribution in [0.15, 0.2) is 41.2 Å². The van der Waals surface area contributed by atoms with Crippen molar-refractivity contribution in [2.24, 2.45) is 7.05 Å². The number of benzene rings is 1. The number of carbonyl (C=O) groups excluding carboxylic acids is 1. The van der Waals surface area contributed by atoms with Crippen molar-refractivity contribution < 1.29 is 9.53 Å². The summed E-state index contributed by atoms with van der Waals surface area (Å²) in [5, 5.41) is 11.7. The monoisotopic (exact) mass is 373 g/mol. The average molecular weight is 374 g/mol. The normalized spacial score (nSPS) is 15.7. The van der Waals surface area contributed by atoms with E-state index in [1.54, 1.807) is 35.3 Å². The molecule has 0 spiro atoms. The second-order valence-electron chi connectivity index (χ2n) is 5.99. The second-order valence-corrected chi connectivity index (χ2v) is 7.17. The van der Waals surface area contributed by atoms with Crippen molar-refractivity contribution in [3.63, 3.8) is 0 Å². The van der Waals surface area contributed by atoms with Crippen LogP contribution in [0.3, 0.4) is 0 Å². The van der Waals surface area contributed by atoms with Crippen LogP contribution < -0.4 is 10.1 Å². The van der Waals surface area contributed by atoms with Gasteiger partial charge in [-0.3, -0.25) is 9.48 Å². The summed E-state index contributed by atoms with van der Waals surface area (Å²) in [6.45, 7) is 0.411. The van der Waals surface area contributed by atoms with Crippen LogP contribution in [0.5, 0.6) is 5.75 Å². The molecule has 25 heavy (non-hydrogen) atoms. The van der Waals surface area contributed by atoms with Crippen LogP contribution in [0, 0.1) is 0 Å². The summed E-state index contributed by atoms with van der Waals surface area (Å²) in [6, 6.07) is 7.80. The van der Waals surface area contributed by atoms with Gasteiger partial charge in [-0.15, -0.1) is 0 Å². The molecule has 1 aliphatic rings. The second kappa shape index (κ2) is 6.54. The molecule has 1 aromatic carbocycles. The number of nitrogens with one attached hydrogen (secondary N) is 1. The van der Waals surface area contributed by atoms with Crippen molar-refractivity contribution in [2.45, 2.75) is 12.5 Å². The first-order valence-electron chi connectivity index (χ1n) is 7.89. The number of thiophene rings is 1. The van der Waals surface area contributed by atoms with Crippen LogP contribution >= 0.6 is 22.9 Å². The molecular formula is C18H16ClN3O2S. The number of aromatic nitrogens is 2. The van der Waals surface area contributed by atoms with Gasteiger partial charge in [-0.25, -0.2) is 0 Å². The number of hydrogen-bond donors (Lipinski definition) is 1. The molecule has 3 heterocycles. The molecule has 1 unspecified atom stereocenters.